The van der Waals surface area contributed by atoms with Crippen molar-refractivity contribution in [3.05, 3.63) is 24.3 Å². The molecular weight excluding hydrogens is 320 g/mol. The molecule has 130 valence electrons. The standard InChI is InChI=1S/C15H24N2O5S/c1-3-4-9-22-13-5-7-14(8-6-13)23(20,21)16-11-12(2)10-15(18)17-19/h5-8,12,16,19H,3-4,9-11H2,1-2H3,(H,17,18). The monoisotopic (exact) mass is 344 g/mol. The van der Waals surface area contributed by atoms with Crippen LogP contribution in [-0.4, -0.2) is 32.7 Å². The van der Waals surface area contributed by atoms with Crippen LogP contribution < -0.4 is 14.9 Å². The molecule has 3 N–H and O–H groups in total. The van der Waals surface area contributed by atoms with E-state index in [4.69, 9.17) is 9.94 Å². The second-order valence-electron chi connectivity index (χ2n) is 5.37. The van der Waals surface area contributed by atoms with Crippen LogP contribution in [0.3, 0.4) is 0 Å². The van der Waals surface area contributed by atoms with Crippen molar-refractivity contribution in [3.63, 3.8) is 0 Å². The molecule has 0 radical (unpaired) electrons. The summed E-state index contributed by atoms with van der Waals surface area (Å²) in [5, 5.41) is 8.44. The van der Waals surface area contributed by atoms with Crippen LogP contribution in [0.5, 0.6) is 5.75 Å². The maximum Gasteiger partial charge on any atom is 0.243 e. The van der Waals surface area contributed by atoms with Gasteiger partial charge in [-0.15, -0.1) is 0 Å². The molecule has 1 aromatic carbocycles. The molecule has 1 atom stereocenters. The lowest BCUT2D eigenvalue weighted by molar-refractivity contribution is -0.130. The van der Waals surface area contributed by atoms with Gasteiger partial charge in [-0.2, -0.15) is 0 Å². The van der Waals surface area contributed by atoms with Crippen molar-refractivity contribution in [1.82, 2.24) is 10.2 Å². The molecule has 0 fully saturated rings. The smallest absolute Gasteiger partial charge is 0.243 e. The van der Waals surface area contributed by atoms with Gasteiger partial charge in [0, 0.05) is 13.0 Å². The molecule has 0 spiro atoms. The fraction of sp³-hybridized carbons (Fsp3) is 0.533. The highest BCUT2D eigenvalue weighted by atomic mass is 32.2. The summed E-state index contributed by atoms with van der Waals surface area (Å²) >= 11 is 0. The van der Waals surface area contributed by atoms with Crippen molar-refractivity contribution < 1.29 is 23.2 Å². The summed E-state index contributed by atoms with van der Waals surface area (Å²) in [7, 11) is -3.64. The number of carbonyl (C=O) groups excluding carboxylic acids is 1. The summed E-state index contributed by atoms with van der Waals surface area (Å²) in [5.74, 6) is -0.163. The Hall–Kier alpha value is -1.64. The number of hydrogen-bond acceptors (Lipinski definition) is 5. The van der Waals surface area contributed by atoms with Crippen LogP contribution in [0.1, 0.15) is 33.1 Å². The van der Waals surface area contributed by atoms with Gasteiger partial charge in [-0.3, -0.25) is 10.0 Å². The van der Waals surface area contributed by atoms with E-state index in [1.165, 1.54) is 17.6 Å². The Kier molecular flexibility index (Phi) is 8.01. The molecule has 0 bridgehead atoms. The van der Waals surface area contributed by atoms with Crippen molar-refractivity contribution in [2.45, 2.75) is 38.0 Å². The number of sulfonamides is 1. The normalized spacial score (nSPS) is 12.7. The second kappa shape index (κ2) is 9.49. The lowest BCUT2D eigenvalue weighted by atomic mass is 10.1. The van der Waals surface area contributed by atoms with Crippen molar-refractivity contribution in [1.29, 1.82) is 0 Å². The van der Waals surface area contributed by atoms with E-state index in [1.54, 1.807) is 19.1 Å². The van der Waals surface area contributed by atoms with E-state index in [9.17, 15) is 13.2 Å². The number of amides is 1. The molecule has 7 nitrogen and oxygen atoms in total. The van der Waals surface area contributed by atoms with Crippen LogP contribution in [0.15, 0.2) is 29.2 Å². The van der Waals surface area contributed by atoms with Crippen LogP contribution >= 0.6 is 0 Å². The first-order valence-electron chi connectivity index (χ1n) is 7.54. The molecule has 0 aliphatic heterocycles. The van der Waals surface area contributed by atoms with Crippen LogP contribution in [0, 0.1) is 5.92 Å². The lowest BCUT2D eigenvalue weighted by Crippen LogP contribution is -2.31. The first kappa shape index (κ1) is 19.4. The fourth-order valence-electron chi connectivity index (χ4n) is 1.82. The quantitative estimate of drug-likeness (QED) is 0.340. The Balaban J connectivity index is 2.57. The Morgan fingerprint density at radius 3 is 2.52 bits per heavy atom. The van der Waals surface area contributed by atoms with Gasteiger partial charge in [-0.25, -0.2) is 18.6 Å². The van der Waals surface area contributed by atoms with Gasteiger partial charge in [0.15, 0.2) is 0 Å². The average Bonchev–Trinajstić information content (AvgIpc) is 2.54. The predicted octanol–water partition coefficient (Wildman–Crippen LogP) is 1.68. The fourth-order valence-corrected chi connectivity index (χ4v) is 2.98. The first-order chi connectivity index (χ1) is 10.9. The molecule has 0 aliphatic carbocycles. The van der Waals surface area contributed by atoms with Crippen molar-refractivity contribution in [2.24, 2.45) is 5.92 Å². The Bertz CT molecular complexity index is 586. The van der Waals surface area contributed by atoms with E-state index < -0.39 is 15.9 Å². The minimum atomic E-state index is -3.64. The van der Waals surface area contributed by atoms with E-state index in [0.29, 0.717) is 12.4 Å². The highest BCUT2D eigenvalue weighted by Crippen LogP contribution is 2.16. The average molecular weight is 344 g/mol. The minimum Gasteiger partial charge on any atom is -0.494 e. The molecule has 1 amide bonds. The summed E-state index contributed by atoms with van der Waals surface area (Å²) in [6.07, 6.45) is 2.01. The molecule has 23 heavy (non-hydrogen) atoms. The van der Waals surface area contributed by atoms with Crippen LogP contribution in [0.25, 0.3) is 0 Å². The number of benzene rings is 1. The first-order valence-corrected chi connectivity index (χ1v) is 9.02. The summed E-state index contributed by atoms with van der Waals surface area (Å²) in [4.78, 5) is 11.1. The number of hydroxylamine groups is 1. The second-order valence-corrected chi connectivity index (χ2v) is 7.14. The van der Waals surface area contributed by atoms with Crippen LogP contribution in [-0.2, 0) is 14.8 Å². The Morgan fingerprint density at radius 1 is 1.30 bits per heavy atom. The molecule has 0 aromatic heterocycles. The van der Waals surface area contributed by atoms with Gasteiger partial charge in [0.2, 0.25) is 15.9 Å². The third kappa shape index (κ3) is 6.98. The van der Waals surface area contributed by atoms with Gasteiger partial charge in [0.25, 0.3) is 0 Å². The minimum absolute atomic E-state index is 0.0310. The number of unbranched alkanes of at least 4 members (excludes halogenated alkanes) is 1. The highest BCUT2D eigenvalue weighted by molar-refractivity contribution is 7.89. The molecule has 0 heterocycles. The third-order valence-electron chi connectivity index (χ3n) is 3.18. The molecule has 1 rings (SSSR count). The molecule has 0 saturated carbocycles. The zero-order valence-corrected chi connectivity index (χ0v) is 14.2. The van der Waals surface area contributed by atoms with Crippen molar-refractivity contribution >= 4 is 15.9 Å². The van der Waals surface area contributed by atoms with E-state index in [1.807, 2.05) is 0 Å². The van der Waals surface area contributed by atoms with Crippen LogP contribution in [0.4, 0.5) is 0 Å². The van der Waals surface area contributed by atoms with Gasteiger partial charge in [0.1, 0.15) is 5.75 Å². The molecule has 1 unspecified atom stereocenters. The molecule has 0 saturated heterocycles. The Morgan fingerprint density at radius 2 is 1.96 bits per heavy atom. The SMILES string of the molecule is CCCCOc1ccc(S(=O)(=O)NCC(C)CC(=O)NO)cc1. The molecule has 0 aliphatic rings. The summed E-state index contributed by atoms with van der Waals surface area (Å²) in [6.45, 7) is 4.48. The van der Waals surface area contributed by atoms with E-state index in [0.717, 1.165) is 12.8 Å². The number of hydrogen-bond donors (Lipinski definition) is 3. The Labute approximate surface area is 137 Å². The molecular formula is C15H24N2O5S. The maximum atomic E-state index is 12.2. The van der Waals surface area contributed by atoms with Gasteiger partial charge in [0.05, 0.1) is 11.5 Å². The largest absolute Gasteiger partial charge is 0.494 e. The van der Waals surface area contributed by atoms with Gasteiger partial charge in [-0.05, 0) is 36.6 Å². The van der Waals surface area contributed by atoms with Crippen molar-refractivity contribution in [2.75, 3.05) is 13.2 Å². The molecule has 1 aromatic rings. The number of ether oxygens (including phenoxy) is 1. The van der Waals surface area contributed by atoms with Gasteiger partial charge in [-0.1, -0.05) is 20.3 Å². The van der Waals surface area contributed by atoms with E-state index in [-0.39, 0.29) is 23.8 Å². The number of carbonyl (C=O) groups is 1. The van der Waals surface area contributed by atoms with Crippen molar-refractivity contribution in [3.8, 4) is 5.75 Å². The van der Waals surface area contributed by atoms with Crippen LogP contribution in [0.2, 0.25) is 0 Å². The van der Waals surface area contributed by atoms with Gasteiger partial charge >= 0.3 is 0 Å². The third-order valence-corrected chi connectivity index (χ3v) is 4.62. The summed E-state index contributed by atoms with van der Waals surface area (Å²) < 4.78 is 32.3. The van der Waals surface area contributed by atoms with E-state index >= 15 is 0 Å². The maximum absolute atomic E-state index is 12.2. The topological polar surface area (TPSA) is 105 Å². The van der Waals surface area contributed by atoms with Gasteiger partial charge < -0.3 is 4.74 Å². The zero-order chi connectivity index (χ0) is 17.3. The summed E-state index contributed by atoms with van der Waals surface area (Å²) in [5.41, 5.74) is 1.52. The lowest BCUT2D eigenvalue weighted by Gasteiger charge is -2.12. The predicted molar refractivity (Wildman–Crippen MR) is 85.7 cm³/mol. The number of nitrogens with one attached hydrogen (secondary N) is 2. The van der Waals surface area contributed by atoms with E-state index in [2.05, 4.69) is 11.6 Å². The highest BCUT2D eigenvalue weighted by Gasteiger charge is 2.16. The molecule has 8 heteroatoms. The zero-order valence-electron chi connectivity index (χ0n) is 13.4. The summed E-state index contributed by atoms with van der Waals surface area (Å²) in [6, 6.07) is 6.20. The number of rotatable bonds is 10.